The molecular weight excluding hydrogens is 235 g/mol. The summed E-state index contributed by atoms with van der Waals surface area (Å²) in [5.74, 6) is 0.322. The number of thioether (sulfide) groups is 1. The molecule has 0 spiro atoms. The number of nitrogens with one attached hydrogen (secondary N) is 1. The zero-order chi connectivity index (χ0) is 10.7. The summed E-state index contributed by atoms with van der Waals surface area (Å²) in [5, 5.41) is 4.44. The van der Waals surface area contributed by atoms with Crippen molar-refractivity contribution in [3.63, 3.8) is 0 Å². The van der Waals surface area contributed by atoms with Crippen molar-refractivity contribution >= 4 is 28.5 Å². The lowest BCUT2D eigenvalue weighted by Crippen LogP contribution is -2.15. The van der Waals surface area contributed by atoms with Crippen LogP contribution in [0.5, 0.6) is 0 Å². The highest BCUT2D eigenvalue weighted by atomic mass is 35.5. The van der Waals surface area contributed by atoms with Crippen molar-refractivity contribution in [3.8, 4) is 0 Å². The van der Waals surface area contributed by atoms with Crippen molar-refractivity contribution in [1.82, 2.24) is 5.32 Å². The number of rotatable bonds is 2. The predicted octanol–water partition coefficient (Wildman–Crippen LogP) is 2.67. The summed E-state index contributed by atoms with van der Waals surface area (Å²) in [4.78, 5) is 4.22. The number of benzene rings is 1. The van der Waals surface area contributed by atoms with Gasteiger partial charge in [0.05, 0.1) is 6.54 Å². The second-order valence-electron chi connectivity index (χ2n) is 3.14. The third-order valence-corrected chi connectivity index (χ3v) is 3.26. The van der Waals surface area contributed by atoms with Gasteiger partial charge in [0.2, 0.25) is 0 Å². The van der Waals surface area contributed by atoms with Crippen molar-refractivity contribution < 1.29 is 4.39 Å². The van der Waals surface area contributed by atoms with Gasteiger partial charge in [-0.2, -0.15) is 0 Å². The van der Waals surface area contributed by atoms with Crippen LogP contribution in [0.3, 0.4) is 0 Å². The molecule has 1 aromatic carbocycles. The first-order valence-corrected chi connectivity index (χ1v) is 5.97. The summed E-state index contributed by atoms with van der Waals surface area (Å²) >= 11 is 7.17. The van der Waals surface area contributed by atoms with Gasteiger partial charge in [-0.1, -0.05) is 29.4 Å². The van der Waals surface area contributed by atoms with Crippen LogP contribution in [0, 0.1) is 5.82 Å². The lowest BCUT2D eigenvalue weighted by atomic mass is 10.2. The fourth-order valence-electron chi connectivity index (χ4n) is 1.26. The summed E-state index contributed by atoms with van der Waals surface area (Å²) < 4.78 is 13.4. The Morgan fingerprint density at radius 1 is 1.53 bits per heavy atom. The summed E-state index contributed by atoms with van der Waals surface area (Å²) in [6.45, 7) is 1.69. The molecule has 0 atom stereocenters. The van der Waals surface area contributed by atoms with E-state index in [4.69, 9.17) is 11.6 Å². The van der Waals surface area contributed by atoms with Crippen molar-refractivity contribution in [1.29, 1.82) is 0 Å². The zero-order valence-electron chi connectivity index (χ0n) is 7.96. The summed E-state index contributed by atoms with van der Waals surface area (Å²) in [6.07, 6.45) is 0. The second kappa shape index (κ2) is 4.86. The molecule has 1 aliphatic heterocycles. The van der Waals surface area contributed by atoms with Crippen molar-refractivity contribution in [3.05, 3.63) is 34.6 Å². The van der Waals surface area contributed by atoms with Crippen LogP contribution in [0.25, 0.3) is 0 Å². The van der Waals surface area contributed by atoms with Crippen LogP contribution >= 0.6 is 23.4 Å². The lowest BCUT2D eigenvalue weighted by Gasteiger charge is -2.03. The molecule has 1 heterocycles. The highest BCUT2D eigenvalue weighted by molar-refractivity contribution is 8.13. The Hall–Kier alpha value is -0.740. The number of amidine groups is 1. The van der Waals surface area contributed by atoms with Crippen LogP contribution in [-0.2, 0) is 5.75 Å². The minimum Gasteiger partial charge on any atom is -0.363 e. The van der Waals surface area contributed by atoms with Gasteiger partial charge in [-0.25, -0.2) is 4.39 Å². The van der Waals surface area contributed by atoms with Crippen LogP contribution in [0.4, 0.5) is 4.39 Å². The number of nitrogens with zero attached hydrogens (tertiary/aromatic N) is 1. The fraction of sp³-hybridized carbons (Fsp3) is 0.300. The Labute approximate surface area is 96.9 Å². The van der Waals surface area contributed by atoms with E-state index >= 15 is 0 Å². The maximum absolute atomic E-state index is 13.4. The Kier molecular flexibility index (Phi) is 3.49. The van der Waals surface area contributed by atoms with Gasteiger partial charge in [0.15, 0.2) is 5.17 Å². The molecule has 0 unspecified atom stereocenters. The second-order valence-corrected chi connectivity index (χ2v) is 4.54. The number of halogens is 2. The van der Waals surface area contributed by atoms with E-state index < -0.39 is 0 Å². The van der Waals surface area contributed by atoms with Crippen molar-refractivity contribution in [2.45, 2.75) is 5.75 Å². The van der Waals surface area contributed by atoms with Gasteiger partial charge in [0.25, 0.3) is 0 Å². The molecule has 0 aliphatic carbocycles. The van der Waals surface area contributed by atoms with Gasteiger partial charge in [-0.05, 0) is 17.7 Å². The molecule has 0 saturated carbocycles. The summed E-state index contributed by atoms with van der Waals surface area (Å²) in [5.41, 5.74) is 0.654. The topological polar surface area (TPSA) is 24.4 Å². The maximum atomic E-state index is 13.4. The zero-order valence-corrected chi connectivity index (χ0v) is 9.54. The largest absolute Gasteiger partial charge is 0.363 e. The van der Waals surface area contributed by atoms with E-state index in [-0.39, 0.29) is 5.82 Å². The van der Waals surface area contributed by atoms with Crippen LogP contribution in [0.15, 0.2) is 23.2 Å². The third kappa shape index (κ3) is 2.86. The molecule has 2 rings (SSSR count). The van der Waals surface area contributed by atoms with Gasteiger partial charge in [-0.15, -0.1) is 0 Å². The molecule has 15 heavy (non-hydrogen) atoms. The van der Waals surface area contributed by atoms with E-state index in [0.29, 0.717) is 16.3 Å². The molecule has 1 aromatic rings. The van der Waals surface area contributed by atoms with E-state index in [1.165, 1.54) is 17.8 Å². The van der Waals surface area contributed by atoms with Gasteiger partial charge in [0, 0.05) is 17.3 Å². The SMILES string of the molecule is Fc1cc(Cl)ccc1CSC1=NCCN1. The van der Waals surface area contributed by atoms with Gasteiger partial charge < -0.3 is 5.32 Å². The number of hydrogen-bond donors (Lipinski definition) is 1. The van der Waals surface area contributed by atoms with Gasteiger partial charge in [0.1, 0.15) is 5.82 Å². The number of aliphatic imine (C=N–C) groups is 1. The average Bonchev–Trinajstić information content (AvgIpc) is 2.69. The first kappa shape index (κ1) is 10.8. The van der Waals surface area contributed by atoms with Crippen LogP contribution in [0.1, 0.15) is 5.56 Å². The fourth-order valence-corrected chi connectivity index (χ4v) is 2.33. The Morgan fingerprint density at radius 2 is 2.40 bits per heavy atom. The highest BCUT2D eigenvalue weighted by Gasteiger charge is 2.08. The van der Waals surface area contributed by atoms with E-state index in [9.17, 15) is 4.39 Å². The molecule has 2 nitrogen and oxygen atoms in total. The Morgan fingerprint density at radius 3 is 3.07 bits per heavy atom. The Balaban J connectivity index is 1.98. The van der Waals surface area contributed by atoms with E-state index in [0.717, 1.165) is 18.3 Å². The third-order valence-electron chi connectivity index (χ3n) is 2.02. The number of hydrogen-bond acceptors (Lipinski definition) is 3. The average molecular weight is 245 g/mol. The van der Waals surface area contributed by atoms with Gasteiger partial charge in [-0.3, -0.25) is 4.99 Å². The molecule has 0 fully saturated rings. The molecule has 1 N–H and O–H groups in total. The standard InChI is InChI=1S/C10H10ClFN2S/c11-8-2-1-7(9(12)5-8)6-15-10-13-3-4-14-10/h1-2,5H,3-4,6H2,(H,13,14). The normalized spacial score (nSPS) is 14.9. The minimum absolute atomic E-state index is 0.256. The quantitative estimate of drug-likeness (QED) is 0.865. The van der Waals surface area contributed by atoms with Crippen LogP contribution < -0.4 is 5.32 Å². The molecule has 5 heteroatoms. The van der Waals surface area contributed by atoms with Gasteiger partial charge >= 0.3 is 0 Å². The Bertz CT molecular complexity index is 395. The lowest BCUT2D eigenvalue weighted by molar-refractivity contribution is 0.617. The van der Waals surface area contributed by atoms with E-state index in [1.54, 1.807) is 12.1 Å². The molecule has 1 aliphatic rings. The van der Waals surface area contributed by atoms with Crippen LogP contribution in [0.2, 0.25) is 5.02 Å². The summed E-state index contributed by atoms with van der Waals surface area (Å²) in [7, 11) is 0. The molecule has 0 bridgehead atoms. The summed E-state index contributed by atoms with van der Waals surface area (Å²) in [6, 6.07) is 4.74. The van der Waals surface area contributed by atoms with Crippen molar-refractivity contribution in [2.24, 2.45) is 4.99 Å². The smallest absolute Gasteiger partial charge is 0.157 e. The highest BCUT2D eigenvalue weighted by Crippen LogP contribution is 2.20. The molecular formula is C10H10ClFN2S. The predicted molar refractivity (Wildman–Crippen MR) is 63.0 cm³/mol. The monoisotopic (exact) mass is 244 g/mol. The van der Waals surface area contributed by atoms with E-state index in [2.05, 4.69) is 10.3 Å². The maximum Gasteiger partial charge on any atom is 0.157 e. The van der Waals surface area contributed by atoms with Crippen LogP contribution in [-0.4, -0.2) is 18.3 Å². The molecule has 0 radical (unpaired) electrons. The first-order valence-electron chi connectivity index (χ1n) is 4.61. The first-order chi connectivity index (χ1) is 7.25. The van der Waals surface area contributed by atoms with E-state index in [1.807, 2.05) is 0 Å². The minimum atomic E-state index is -0.256. The molecule has 0 aromatic heterocycles. The van der Waals surface area contributed by atoms with Crippen molar-refractivity contribution in [2.75, 3.05) is 13.1 Å². The molecule has 0 amide bonds. The molecule has 80 valence electrons. The molecule has 0 saturated heterocycles.